The zero-order valence-corrected chi connectivity index (χ0v) is 15.0. The van der Waals surface area contributed by atoms with Gasteiger partial charge in [0.1, 0.15) is 5.58 Å². The second-order valence-corrected chi connectivity index (χ2v) is 6.88. The smallest absolute Gasteiger partial charge is 0.227 e. The van der Waals surface area contributed by atoms with Crippen LogP contribution in [0.5, 0.6) is 0 Å². The largest absolute Gasteiger partial charge is 0.464 e. The molecule has 2 aliphatic rings. The number of piperidine rings is 1. The average Bonchev–Trinajstić information content (AvgIpc) is 3.19. The maximum atomic E-state index is 12.7. The lowest BCUT2D eigenvalue weighted by Gasteiger charge is -2.32. The summed E-state index contributed by atoms with van der Waals surface area (Å²) in [4.78, 5) is 14.7. The fourth-order valence-electron chi connectivity index (χ4n) is 4.00. The fraction of sp³-hybridized carbons (Fsp3) is 0.526. The number of nitrogens with one attached hydrogen (secondary N) is 1. The van der Waals surface area contributed by atoms with E-state index in [-0.39, 0.29) is 18.3 Å². The molecule has 24 heavy (non-hydrogen) atoms. The lowest BCUT2D eigenvalue weighted by Crippen LogP contribution is -2.47. The van der Waals surface area contributed by atoms with E-state index in [4.69, 9.17) is 4.42 Å². The second-order valence-electron chi connectivity index (χ2n) is 6.88. The fourth-order valence-corrected chi connectivity index (χ4v) is 4.00. The van der Waals surface area contributed by atoms with Gasteiger partial charge in [-0.25, -0.2) is 0 Å². The Labute approximate surface area is 149 Å². The Morgan fingerprint density at radius 1 is 1.29 bits per heavy atom. The minimum absolute atomic E-state index is 0. The van der Waals surface area contributed by atoms with E-state index in [1.165, 1.54) is 17.5 Å². The summed E-state index contributed by atoms with van der Waals surface area (Å²) in [7, 11) is 1.98. The number of likely N-dealkylation sites (N-methyl/N-ethyl adjacent to an activating group) is 1. The van der Waals surface area contributed by atoms with E-state index in [1.54, 1.807) is 6.26 Å². The van der Waals surface area contributed by atoms with Crippen LogP contribution in [-0.2, 0) is 24.1 Å². The number of rotatable bonds is 3. The van der Waals surface area contributed by atoms with Gasteiger partial charge in [-0.3, -0.25) is 4.79 Å². The molecule has 0 radical (unpaired) electrons. The zero-order valence-electron chi connectivity index (χ0n) is 14.1. The van der Waals surface area contributed by atoms with Gasteiger partial charge in [-0.05, 0) is 62.4 Å². The quantitative estimate of drug-likeness (QED) is 0.927. The SMILES string of the molecule is CNC1CCCN(C(=O)Cc2coc3cc4c(cc23)CCC4)C1.Cl. The molecule has 5 heteroatoms. The number of halogens is 1. The summed E-state index contributed by atoms with van der Waals surface area (Å²) >= 11 is 0. The Balaban J connectivity index is 0.00000169. The number of furan rings is 1. The van der Waals surface area contributed by atoms with Crippen molar-refractivity contribution in [2.24, 2.45) is 0 Å². The first kappa shape index (κ1) is 17.3. The number of carbonyl (C=O) groups excluding carboxylic acids is 1. The molecule has 1 atom stereocenters. The molecule has 1 aliphatic heterocycles. The predicted octanol–water partition coefficient (Wildman–Crippen LogP) is 3.10. The minimum Gasteiger partial charge on any atom is -0.464 e. The number of likely N-dealkylation sites (tertiary alicyclic amines) is 1. The van der Waals surface area contributed by atoms with Gasteiger partial charge in [0.05, 0.1) is 12.7 Å². The van der Waals surface area contributed by atoms with Crippen molar-refractivity contribution in [3.8, 4) is 0 Å². The molecule has 2 heterocycles. The zero-order chi connectivity index (χ0) is 15.8. The summed E-state index contributed by atoms with van der Waals surface area (Å²) in [6.45, 7) is 1.70. The van der Waals surface area contributed by atoms with Gasteiger partial charge in [0.25, 0.3) is 0 Å². The number of hydrogen-bond donors (Lipinski definition) is 1. The van der Waals surface area contributed by atoms with Crippen molar-refractivity contribution in [1.82, 2.24) is 10.2 Å². The van der Waals surface area contributed by atoms with Gasteiger partial charge >= 0.3 is 0 Å². The molecule has 4 rings (SSSR count). The highest BCUT2D eigenvalue weighted by Crippen LogP contribution is 2.30. The van der Waals surface area contributed by atoms with Gasteiger partial charge < -0.3 is 14.6 Å². The molecule has 1 amide bonds. The van der Waals surface area contributed by atoms with Crippen molar-refractivity contribution in [2.45, 2.75) is 44.6 Å². The third kappa shape index (κ3) is 3.17. The van der Waals surface area contributed by atoms with Crippen LogP contribution in [0.2, 0.25) is 0 Å². The Morgan fingerprint density at radius 2 is 2.08 bits per heavy atom. The monoisotopic (exact) mass is 348 g/mol. The summed E-state index contributed by atoms with van der Waals surface area (Å²) in [6, 6.07) is 4.84. The van der Waals surface area contributed by atoms with Crippen LogP contribution in [0.3, 0.4) is 0 Å². The van der Waals surface area contributed by atoms with Crippen LogP contribution in [0, 0.1) is 0 Å². The molecule has 0 bridgehead atoms. The topological polar surface area (TPSA) is 45.5 Å². The highest BCUT2D eigenvalue weighted by Gasteiger charge is 2.24. The van der Waals surface area contributed by atoms with Crippen molar-refractivity contribution in [1.29, 1.82) is 0 Å². The standard InChI is InChI=1S/C19H24N2O2.ClH/c1-20-16-6-3-7-21(11-16)19(22)10-15-12-23-18-9-14-5-2-4-13(14)8-17(15)18;/h8-9,12,16,20H,2-7,10-11H2,1H3;1H. The average molecular weight is 349 g/mol. The molecule has 130 valence electrons. The number of aryl methyl sites for hydroxylation is 2. The van der Waals surface area contributed by atoms with Crippen molar-refractivity contribution in [2.75, 3.05) is 20.1 Å². The van der Waals surface area contributed by atoms with E-state index in [1.807, 2.05) is 11.9 Å². The molecule has 2 aromatic rings. The Hall–Kier alpha value is -1.52. The van der Waals surface area contributed by atoms with Crippen LogP contribution in [0.15, 0.2) is 22.8 Å². The van der Waals surface area contributed by atoms with E-state index >= 15 is 0 Å². The lowest BCUT2D eigenvalue weighted by atomic mass is 10.0. The maximum absolute atomic E-state index is 12.7. The van der Waals surface area contributed by atoms with Gasteiger partial charge in [0.2, 0.25) is 5.91 Å². The molecule has 1 aromatic heterocycles. The number of amides is 1. The number of hydrogen-bond acceptors (Lipinski definition) is 3. The summed E-state index contributed by atoms with van der Waals surface area (Å²) < 4.78 is 5.72. The summed E-state index contributed by atoms with van der Waals surface area (Å²) in [5, 5.41) is 4.42. The van der Waals surface area contributed by atoms with Crippen molar-refractivity contribution in [3.63, 3.8) is 0 Å². The highest BCUT2D eigenvalue weighted by molar-refractivity contribution is 5.88. The Kier molecular flexibility index (Phi) is 5.16. The summed E-state index contributed by atoms with van der Waals surface area (Å²) in [5.74, 6) is 0.216. The third-order valence-corrected chi connectivity index (χ3v) is 5.39. The third-order valence-electron chi connectivity index (χ3n) is 5.39. The van der Waals surface area contributed by atoms with E-state index < -0.39 is 0 Å². The number of fused-ring (bicyclic) bond motifs is 2. The first-order chi connectivity index (χ1) is 11.2. The Morgan fingerprint density at radius 3 is 2.88 bits per heavy atom. The lowest BCUT2D eigenvalue weighted by molar-refractivity contribution is -0.131. The molecule has 1 saturated heterocycles. The summed E-state index contributed by atoms with van der Waals surface area (Å²) in [6.07, 6.45) is 7.99. The van der Waals surface area contributed by atoms with Gasteiger partial charge in [-0.15, -0.1) is 12.4 Å². The normalized spacial score (nSPS) is 20.0. The Bertz CT molecular complexity index is 740. The minimum atomic E-state index is 0. The van der Waals surface area contributed by atoms with Crippen molar-refractivity contribution >= 4 is 29.3 Å². The van der Waals surface area contributed by atoms with Gasteiger partial charge in [-0.1, -0.05) is 0 Å². The molecule has 1 fully saturated rings. The predicted molar refractivity (Wildman–Crippen MR) is 97.9 cm³/mol. The molecule has 0 spiro atoms. The van der Waals surface area contributed by atoms with E-state index in [9.17, 15) is 4.79 Å². The van der Waals surface area contributed by atoms with Crippen molar-refractivity contribution < 1.29 is 9.21 Å². The molecule has 1 unspecified atom stereocenters. The van der Waals surface area contributed by atoms with E-state index in [0.717, 1.165) is 55.3 Å². The first-order valence-electron chi connectivity index (χ1n) is 8.71. The van der Waals surface area contributed by atoms with Crippen LogP contribution >= 0.6 is 12.4 Å². The molecule has 1 aliphatic carbocycles. The first-order valence-corrected chi connectivity index (χ1v) is 8.71. The molecule has 1 aromatic carbocycles. The molecular formula is C19H25ClN2O2. The molecule has 0 saturated carbocycles. The maximum Gasteiger partial charge on any atom is 0.227 e. The number of carbonyl (C=O) groups is 1. The molecular weight excluding hydrogens is 324 g/mol. The van der Waals surface area contributed by atoms with Crippen molar-refractivity contribution in [3.05, 3.63) is 35.1 Å². The van der Waals surface area contributed by atoms with E-state index in [0.29, 0.717) is 12.5 Å². The molecule has 1 N–H and O–H groups in total. The van der Waals surface area contributed by atoms with Gasteiger partial charge in [-0.2, -0.15) is 0 Å². The summed E-state index contributed by atoms with van der Waals surface area (Å²) in [5.41, 5.74) is 4.81. The van der Waals surface area contributed by atoms with Crippen LogP contribution in [0.1, 0.15) is 36.0 Å². The van der Waals surface area contributed by atoms with Gasteiger partial charge in [0.15, 0.2) is 0 Å². The highest BCUT2D eigenvalue weighted by atomic mass is 35.5. The van der Waals surface area contributed by atoms with E-state index in [2.05, 4.69) is 17.4 Å². The second kappa shape index (κ2) is 7.16. The van der Waals surface area contributed by atoms with Crippen LogP contribution < -0.4 is 5.32 Å². The van der Waals surface area contributed by atoms with Crippen LogP contribution in [-0.4, -0.2) is 37.0 Å². The number of benzene rings is 1. The van der Waals surface area contributed by atoms with Gasteiger partial charge in [0, 0.05) is 30.1 Å². The van der Waals surface area contributed by atoms with Crippen LogP contribution in [0.25, 0.3) is 11.0 Å². The van der Waals surface area contributed by atoms with Crippen LogP contribution in [0.4, 0.5) is 0 Å². The molecule has 4 nitrogen and oxygen atoms in total. The number of nitrogens with zero attached hydrogens (tertiary/aromatic N) is 1.